The van der Waals surface area contributed by atoms with Crippen LogP contribution in [0.15, 0.2) is 4.99 Å². The summed E-state index contributed by atoms with van der Waals surface area (Å²) in [6.45, 7) is 0.781. The molecule has 0 aromatic rings. The quantitative estimate of drug-likeness (QED) is 0.424. The van der Waals surface area contributed by atoms with Crippen LogP contribution < -0.4 is 5.26 Å². The highest BCUT2D eigenvalue weighted by molar-refractivity contribution is 5.58. The maximum atomic E-state index is 6.77. The van der Waals surface area contributed by atoms with E-state index < -0.39 is 0 Å². The van der Waals surface area contributed by atoms with Gasteiger partial charge in [0.15, 0.2) is 0 Å². The van der Waals surface area contributed by atoms with Crippen LogP contribution in [0.4, 0.5) is 0 Å². The summed E-state index contributed by atoms with van der Waals surface area (Å²) in [4.78, 5) is 4.02. The van der Waals surface area contributed by atoms with E-state index in [9.17, 15) is 0 Å². The molecule has 0 fully saturated rings. The van der Waals surface area contributed by atoms with Crippen molar-refractivity contribution in [1.82, 2.24) is 0 Å². The van der Waals surface area contributed by atoms with Crippen LogP contribution in [0, 0.1) is 12.0 Å². The largest absolute Gasteiger partial charge is 0.296 e. The topological polar surface area (TPSA) is 36.2 Å². The van der Waals surface area contributed by atoms with Crippen LogP contribution in [-0.2, 0) is 0 Å². The Bertz CT molecular complexity index is 132. The Morgan fingerprint density at radius 3 is 3.00 bits per heavy atom. The summed E-state index contributed by atoms with van der Waals surface area (Å²) in [6.07, 6.45) is 4.01. The molecule has 0 radical (unpaired) electrons. The van der Waals surface area contributed by atoms with Gasteiger partial charge in [-0.15, -0.1) is 5.26 Å². The lowest BCUT2D eigenvalue weighted by Crippen LogP contribution is -2.23. The third-order valence-corrected chi connectivity index (χ3v) is 1.30. The van der Waals surface area contributed by atoms with Gasteiger partial charge in [-0.1, -0.05) is 0 Å². The molecule has 8 heavy (non-hydrogen) atoms. The zero-order valence-electron chi connectivity index (χ0n) is 4.72. The first kappa shape index (κ1) is 5.30. The van der Waals surface area contributed by atoms with Gasteiger partial charge < -0.3 is 0 Å². The fraction of sp³-hybridized carbons (Fsp3) is 0.667. The van der Waals surface area contributed by atoms with Gasteiger partial charge >= 0.3 is 0 Å². The number of nitrogens with zero attached hydrogens (tertiary/aromatic N) is 1. The van der Waals surface area contributed by atoms with E-state index in [1.54, 1.807) is 0 Å². The Morgan fingerprint density at radius 1 is 1.75 bits per heavy atom. The van der Waals surface area contributed by atoms with Gasteiger partial charge in [-0.2, -0.15) is 0 Å². The maximum absolute atomic E-state index is 6.77. The molecule has 2 heteroatoms. The minimum atomic E-state index is 0.306. The highest BCUT2D eigenvalue weighted by Crippen LogP contribution is 2.07. The van der Waals surface area contributed by atoms with Crippen LogP contribution in [0.1, 0.15) is 12.8 Å². The summed E-state index contributed by atoms with van der Waals surface area (Å²) in [7, 11) is 0. The van der Waals surface area contributed by atoms with Gasteiger partial charge in [-0.25, -0.2) is 0 Å². The number of nitrogens with one attached hydrogen (secondary N) is 1. The van der Waals surface area contributed by atoms with Crippen molar-refractivity contribution in [3.8, 4) is 6.07 Å². The molecule has 0 saturated carbocycles. The van der Waals surface area contributed by atoms with E-state index in [1.165, 1.54) is 0 Å². The lowest BCUT2D eigenvalue weighted by molar-refractivity contribution is -0.0984. The lowest BCUT2D eigenvalue weighted by Gasteiger charge is -2.03. The van der Waals surface area contributed by atoms with Gasteiger partial charge in [-0.05, 0) is 19.1 Å². The number of hydrogen-bond acceptors (Lipinski definition) is 1. The predicted molar refractivity (Wildman–Crippen MR) is 30.9 cm³/mol. The molecule has 0 aromatic heterocycles. The zero-order valence-corrected chi connectivity index (χ0v) is 4.72. The van der Waals surface area contributed by atoms with Gasteiger partial charge in [0.25, 0.3) is 6.07 Å². The average Bonchev–Trinajstić information content (AvgIpc) is 1.90. The van der Waals surface area contributed by atoms with Crippen molar-refractivity contribution in [3.63, 3.8) is 0 Å². The molecule has 0 saturated heterocycles. The first-order valence-electron chi connectivity index (χ1n) is 2.84. The monoisotopic (exact) mass is 109 g/mol. The maximum Gasteiger partial charge on any atom is 0.275 e. The van der Waals surface area contributed by atoms with Gasteiger partial charge in [0.05, 0.1) is 6.54 Å². The van der Waals surface area contributed by atoms with Crippen molar-refractivity contribution in [3.05, 3.63) is 0 Å². The fourth-order valence-corrected chi connectivity index (χ4v) is 0.778. The SMILES string of the molecule is [NH+]#C[C@H]1CCC=NC1. The van der Waals surface area contributed by atoms with Crippen molar-refractivity contribution in [2.24, 2.45) is 10.9 Å². The molecular weight excluding hydrogens is 100 g/mol. The Labute approximate surface area is 48.8 Å². The number of aliphatic imine (C=N–C) groups is 1. The first-order chi connectivity index (χ1) is 3.93. The molecular formula is C6H9N2+. The summed E-state index contributed by atoms with van der Waals surface area (Å²) in [6, 6.07) is 2.44. The lowest BCUT2D eigenvalue weighted by atomic mass is 10.0. The molecule has 1 aliphatic heterocycles. The van der Waals surface area contributed by atoms with Crippen LogP contribution in [0.25, 0.3) is 0 Å². The second-order valence-corrected chi connectivity index (χ2v) is 1.97. The molecule has 0 amide bonds. The minimum Gasteiger partial charge on any atom is -0.296 e. The first-order valence-corrected chi connectivity index (χ1v) is 2.84. The Balaban J connectivity index is 2.41. The van der Waals surface area contributed by atoms with E-state index in [0.717, 1.165) is 19.4 Å². The highest BCUT2D eigenvalue weighted by Gasteiger charge is 2.11. The minimum absolute atomic E-state index is 0.306. The van der Waals surface area contributed by atoms with E-state index in [0.29, 0.717) is 5.92 Å². The summed E-state index contributed by atoms with van der Waals surface area (Å²) < 4.78 is 0. The van der Waals surface area contributed by atoms with Gasteiger partial charge in [0.2, 0.25) is 0 Å². The Hall–Kier alpha value is -0.840. The van der Waals surface area contributed by atoms with Crippen LogP contribution in [0.5, 0.6) is 0 Å². The van der Waals surface area contributed by atoms with Crippen molar-refractivity contribution in [1.29, 1.82) is 0 Å². The second-order valence-electron chi connectivity index (χ2n) is 1.97. The predicted octanol–water partition coefficient (Wildman–Crippen LogP) is -0.760. The van der Waals surface area contributed by atoms with Gasteiger partial charge in [0, 0.05) is 0 Å². The molecule has 0 bridgehead atoms. The van der Waals surface area contributed by atoms with E-state index in [1.807, 2.05) is 6.21 Å². The summed E-state index contributed by atoms with van der Waals surface area (Å²) >= 11 is 0. The van der Waals surface area contributed by atoms with Gasteiger partial charge in [-0.3, -0.25) is 4.99 Å². The Morgan fingerprint density at radius 2 is 2.62 bits per heavy atom. The number of hydrogen-bond donors (Lipinski definition) is 1. The summed E-state index contributed by atoms with van der Waals surface area (Å²) in [5.74, 6) is 0.306. The van der Waals surface area contributed by atoms with E-state index in [2.05, 4.69) is 11.1 Å². The third kappa shape index (κ3) is 1.06. The standard InChI is InChI=1S/C6H8N2/c7-4-6-2-1-3-8-5-6/h3,6H,1-2,5H2/p+1/t6-/m1/s1. The fourth-order valence-electron chi connectivity index (χ4n) is 0.778. The molecule has 1 heterocycles. The Kier molecular flexibility index (Phi) is 1.63. The highest BCUT2D eigenvalue weighted by atomic mass is 14.7. The molecule has 0 unspecified atom stereocenters. The van der Waals surface area contributed by atoms with Gasteiger partial charge in [0.1, 0.15) is 5.92 Å². The van der Waals surface area contributed by atoms with E-state index in [4.69, 9.17) is 5.26 Å². The van der Waals surface area contributed by atoms with E-state index in [-0.39, 0.29) is 0 Å². The molecule has 1 atom stereocenters. The summed E-state index contributed by atoms with van der Waals surface area (Å²) in [5.41, 5.74) is 0. The smallest absolute Gasteiger partial charge is 0.275 e. The number of rotatable bonds is 0. The molecule has 1 N–H and O–H groups in total. The molecule has 0 aromatic carbocycles. The molecule has 2 nitrogen and oxygen atoms in total. The molecule has 0 spiro atoms. The van der Waals surface area contributed by atoms with Crippen molar-refractivity contribution in [2.75, 3.05) is 6.54 Å². The van der Waals surface area contributed by atoms with Crippen LogP contribution in [-0.4, -0.2) is 12.8 Å². The summed E-state index contributed by atoms with van der Waals surface area (Å²) in [5, 5.41) is 6.77. The molecule has 42 valence electrons. The van der Waals surface area contributed by atoms with Crippen LogP contribution in [0.2, 0.25) is 0 Å². The molecule has 1 rings (SSSR count). The van der Waals surface area contributed by atoms with E-state index >= 15 is 0 Å². The normalized spacial score (nSPS) is 27.1. The van der Waals surface area contributed by atoms with Crippen molar-refractivity contribution in [2.45, 2.75) is 12.8 Å². The average molecular weight is 109 g/mol. The van der Waals surface area contributed by atoms with Crippen molar-refractivity contribution < 1.29 is 5.26 Å². The molecule has 1 aliphatic rings. The van der Waals surface area contributed by atoms with Crippen LogP contribution in [0.3, 0.4) is 0 Å². The molecule has 0 aliphatic carbocycles. The van der Waals surface area contributed by atoms with Crippen LogP contribution >= 0.6 is 0 Å². The van der Waals surface area contributed by atoms with Crippen molar-refractivity contribution >= 4 is 6.21 Å². The zero-order chi connectivity index (χ0) is 5.82. The second kappa shape index (κ2) is 2.46. The third-order valence-electron chi connectivity index (χ3n) is 1.30.